The summed E-state index contributed by atoms with van der Waals surface area (Å²) in [6, 6.07) is 8.52. The van der Waals surface area contributed by atoms with E-state index in [4.69, 9.17) is 23.2 Å². The van der Waals surface area contributed by atoms with Crippen molar-refractivity contribution in [3.8, 4) is 0 Å². The zero-order valence-electron chi connectivity index (χ0n) is 10.9. The van der Waals surface area contributed by atoms with Gasteiger partial charge in [0.2, 0.25) is 0 Å². The number of nitrogens with zero attached hydrogens (tertiary/aromatic N) is 2. The molecule has 0 unspecified atom stereocenters. The van der Waals surface area contributed by atoms with Crippen LogP contribution in [0, 0.1) is 6.92 Å². The number of anilines is 1. The van der Waals surface area contributed by atoms with Crippen LogP contribution in [0.15, 0.2) is 30.3 Å². The molecule has 0 aliphatic heterocycles. The van der Waals surface area contributed by atoms with Gasteiger partial charge in [0.05, 0.1) is 28.0 Å². The summed E-state index contributed by atoms with van der Waals surface area (Å²) < 4.78 is 8.39. The Bertz CT molecular complexity index is 847. The van der Waals surface area contributed by atoms with Gasteiger partial charge in [-0.25, -0.2) is 0 Å². The van der Waals surface area contributed by atoms with Crippen molar-refractivity contribution in [3.63, 3.8) is 0 Å². The lowest BCUT2D eigenvalue weighted by molar-refractivity contribution is 0.102. The number of carbonyl (C=O) groups excluding carboxylic acids is 1. The number of aryl methyl sites for hydroxylation is 1. The minimum absolute atomic E-state index is 0.305. The van der Waals surface area contributed by atoms with Crippen molar-refractivity contribution < 1.29 is 4.79 Å². The van der Waals surface area contributed by atoms with Gasteiger partial charge in [-0.1, -0.05) is 29.3 Å². The monoisotopic (exact) mass is 337 g/mol. The van der Waals surface area contributed by atoms with E-state index in [0.717, 1.165) is 22.8 Å². The largest absolute Gasteiger partial charge is 0.320 e. The van der Waals surface area contributed by atoms with E-state index >= 15 is 0 Å². The molecule has 21 heavy (non-hydrogen) atoms. The smallest absolute Gasteiger partial charge is 0.257 e. The van der Waals surface area contributed by atoms with E-state index in [2.05, 4.69) is 14.1 Å². The number of hydrogen-bond acceptors (Lipinski definition) is 4. The van der Waals surface area contributed by atoms with Crippen LogP contribution in [0.1, 0.15) is 15.9 Å². The summed E-state index contributed by atoms with van der Waals surface area (Å²) in [6.45, 7) is 1.90. The second-order valence-corrected chi connectivity index (χ2v) is 5.84. The Morgan fingerprint density at radius 2 is 2.00 bits per heavy atom. The molecule has 1 N–H and O–H groups in total. The zero-order chi connectivity index (χ0) is 15.0. The predicted octanol–water partition coefficient (Wildman–Crippen LogP) is 4.56. The first-order chi connectivity index (χ1) is 10.1. The Morgan fingerprint density at radius 1 is 1.19 bits per heavy atom. The number of carbonyl (C=O) groups is 1. The minimum Gasteiger partial charge on any atom is -0.320 e. The van der Waals surface area contributed by atoms with Crippen LogP contribution in [0.5, 0.6) is 0 Å². The van der Waals surface area contributed by atoms with E-state index in [1.165, 1.54) is 6.07 Å². The summed E-state index contributed by atoms with van der Waals surface area (Å²) in [4.78, 5) is 12.4. The number of nitrogens with one attached hydrogen (secondary N) is 1. The lowest BCUT2D eigenvalue weighted by atomic mass is 10.1. The van der Waals surface area contributed by atoms with Gasteiger partial charge in [-0.3, -0.25) is 4.79 Å². The zero-order valence-corrected chi connectivity index (χ0v) is 13.2. The third kappa shape index (κ3) is 2.72. The molecular weight excluding hydrogens is 329 g/mol. The molecule has 0 bridgehead atoms. The first kappa shape index (κ1) is 14.3. The molecule has 0 aliphatic rings. The van der Waals surface area contributed by atoms with Crippen molar-refractivity contribution in [2.45, 2.75) is 6.92 Å². The molecule has 0 saturated heterocycles. The van der Waals surface area contributed by atoms with Crippen LogP contribution in [0.4, 0.5) is 5.69 Å². The Labute approximate surface area is 135 Å². The summed E-state index contributed by atoms with van der Waals surface area (Å²) in [5.74, 6) is -0.305. The van der Waals surface area contributed by atoms with Crippen molar-refractivity contribution in [2.24, 2.45) is 0 Å². The van der Waals surface area contributed by atoms with Gasteiger partial charge in [0.25, 0.3) is 5.91 Å². The highest BCUT2D eigenvalue weighted by molar-refractivity contribution is 7.00. The van der Waals surface area contributed by atoms with Crippen LogP contribution in [-0.4, -0.2) is 14.7 Å². The van der Waals surface area contributed by atoms with E-state index in [9.17, 15) is 4.79 Å². The standard InChI is InChI=1S/C14H9Cl2N3OS/c1-7-2-5-11-13(19-21-18-11)12(7)17-14(20)9-4-3-8(15)6-10(9)16/h2-6H,1H3,(H,17,20). The van der Waals surface area contributed by atoms with Gasteiger partial charge in [0.15, 0.2) is 0 Å². The Hall–Kier alpha value is -1.69. The summed E-state index contributed by atoms with van der Waals surface area (Å²) in [6.07, 6.45) is 0. The molecule has 3 aromatic rings. The second-order valence-electron chi connectivity index (χ2n) is 4.47. The van der Waals surface area contributed by atoms with Crippen molar-refractivity contribution in [1.82, 2.24) is 8.75 Å². The van der Waals surface area contributed by atoms with Gasteiger partial charge in [0, 0.05) is 5.02 Å². The highest BCUT2D eigenvalue weighted by atomic mass is 35.5. The van der Waals surface area contributed by atoms with Gasteiger partial charge < -0.3 is 5.32 Å². The van der Waals surface area contributed by atoms with Crippen LogP contribution >= 0.6 is 34.9 Å². The number of hydrogen-bond donors (Lipinski definition) is 1. The maximum absolute atomic E-state index is 12.4. The highest BCUT2D eigenvalue weighted by Crippen LogP contribution is 2.27. The molecule has 1 heterocycles. The number of halogens is 2. The summed E-state index contributed by atoms with van der Waals surface area (Å²) in [5.41, 5.74) is 3.35. The van der Waals surface area contributed by atoms with E-state index < -0.39 is 0 Å². The van der Waals surface area contributed by atoms with Crippen molar-refractivity contribution in [2.75, 3.05) is 5.32 Å². The minimum atomic E-state index is -0.305. The maximum Gasteiger partial charge on any atom is 0.257 e. The first-order valence-electron chi connectivity index (χ1n) is 6.04. The molecule has 0 radical (unpaired) electrons. The Kier molecular flexibility index (Phi) is 3.80. The summed E-state index contributed by atoms with van der Waals surface area (Å²) >= 11 is 13.0. The predicted molar refractivity (Wildman–Crippen MR) is 86.6 cm³/mol. The topological polar surface area (TPSA) is 54.9 Å². The molecule has 3 rings (SSSR count). The first-order valence-corrected chi connectivity index (χ1v) is 7.53. The molecule has 0 saturated carbocycles. The van der Waals surface area contributed by atoms with Crippen LogP contribution in [0.25, 0.3) is 11.0 Å². The SMILES string of the molecule is Cc1ccc2nsnc2c1NC(=O)c1ccc(Cl)cc1Cl. The second kappa shape index (κ2) is 5.60. The fourth-order valence-electron chi connectivity index (χ4n) is 1.96. The Balaban J connectivity index is 2.00. The third-order valence-corrected chi connectivity index (χ3v) is 4.14. The van der Waals surface area contributed by atoms with Crippen molar-refractivity contribution in [3.05, 3.63) is 51.5 Å². The number of aromatic nitrogens is 2. The van der Waals surface area contributed by atoms with Crippen LogP contribution in [0.3, 0.4) is 0 Å². The molecule has 0 fully saturated rings. The van der Waals surface area contributed by atoms with Crippen LogP contribution in [-0.2, 0) is 0 Å². The normalized spacial score (nSPS) is 10.8. The van der Waals surface area contributed by atoms with Crippen molar-refractivity contribution >= 4 is 57.6 Å². The molecule has 7 heteroatoms. The molecule has 4 nitrogen and oxygen atoms in total. The van der Waals surface area contributed by atoms with Gasteiger partial charge in [-0.15, -0.1) is 0 Å². The fourth-order valence-corrected chi connectivity index (χ4v) is 3.00. The molecule has 0 spiro atoms. The average Bonchev–Trinajstić information content (AvgIpc) is 2.90. The maximum atomic E-state index is 12.4. The molecule has 106 valence electrons. The van der Waals surface area contributed by atoms with Gasteiger partial charge in [0.1, 0.15) is 11.0 Å². The van der Waals surface area contributed by atoms with Gasteiger partial charge >= 0.3 is 0 Å². The number of benzene rings is 2. The number of amides is 1. The molecule has 1 amide bonds. The van der Waals surface area contributed by atoms with E-state index in [0.29, 0.717) is 26.8 Å². The lowest BCUT2D eigenvalue weighted by Crippen LogP contribution is -2.13. The number of fused-ring (bicyclic) bond motifs is 1. The van der Waals surface area contributed by atoms with Crippen molar-refractivity contribution in [1.29, 1.82) is 0 Å². The fraction of sp³-hybridized carbons (Fsp3) is 0.0714. The molecule has 0 atom stereocenters. The average molecular weight is 338 g/mol. The molecule has 1 aromatic heterocycles. The summed E-state index contributed by atoms with van der Waals surface area (Å²) in [7, 11) is 0. The quantitative estimate of drug-likeness (QED) is 0.745. The van der Waals surface area contributed by atoms with Crippen LogP contribution in [0.2, 0.25) is 10.0 Å². The molecule has 2 aromatic carbocycles. The Morgan fingerprint density at radius 3 is 2.76 bits per heavy atom. The third-order valence-electron chi connectivity index (χ3n) is 3.05. The van der Waals surface area contributed by atoms with Gasteiger partial charge in [-0.2, -0.15) is 8.75 Å². The summed E-state index contributed by atoms with van der Waals surface area (Å²) in [5, 5.41) is 3.65. The van der Waals surface area contributed by atoms with E-state index in [-0.39, 0.29) is 5.91 Å². The highest BCUT2D eigenvalue weighted by Gasteiger charge is 2.15. The molecule has 0 aliphatic carbocycles. The lowest BCUT2D eigenvalue weighted by Gasteiger charge is -2.10. The molecular formula is C14H9Cl2N3OS. The van der Waals surface area contributed by atoms with Crippen LogP contribution < -0.4 is 5.32 Å². The van der Waals surface area contributed by atoms with Gasteiger partial charge in [-0.05, 0) is 36.8 Å². The van der Waals surface area contributed by atoms with E-state index in [1.54, 1.807) is 12.1 Å². The van der Waals surface area contributed by atoms with E-state index in [1.807, 2.05) is 19.1 Å². The number of rotatable bonds is 2.